The van der Waals surface area contributed by atoms with Crippen LogP contribution in [-0.4, -0.2) is 87.9 Å². The minimum atomic E-state index is -1.67. The molecule has 2 spiro atoms. The summed E-state index contributed by atoms with van der Waals surface area (Å²) in [6.45, 7) is 30.1. The van der Waals surface area contributed by atoms with Gasteiger partial charge < -0.3 is 19.1 Å². The minimum Gasteiger partial charge on any atom is -0.447 e. The number of aliphatic hydroxyl groups is 1. The largest absolute Gasteiger partial charge is 0.447 e. The molecular formula is C37H70N3O3Si2+. The monoisotopic (exact) mass is 660 g/mol. The number of aliphatic hydroxyl groups excluding tert-OH is 1. The van der Waals surface area contributed by atoms with Gasteiger partial charge in [0.2, 0.25) is 5.91 Å². The highest BCUT2D eigenvalue weighted by atomic mass is 28.4. The van der Waals surface area contributed by atoms with Crippen molar-refractivity contribution in [3.05, 3.63) is 0 Å². The highest BCUT2D eigenvalue weighted by Gasteiger charge is 2.86. The third-order valence-electron chi connectivity index (χ3n) is 16.5. The van der Waals surface area contributed by atoms with Gasteiger partial charge in [-0.2, -0.15) is 0 Å². The van der Waals surface area contributed by atoms with Crippen LogP contribution in [0, 0.1) is 50.7 Å². The van der Waals surface area contributed by atoms with Crippen molar-refractivity contribution in [1.82, 2.24) is 10.2 Å². The maximum Gasteiger partial charge on any atom is 0.259 e. The molecule has 0 aromatic heterocycles. The van der Waals surface area contributed by atoms with Gasteiger partial charge in [-0.3, -0.25) is 9.59 Å². The summed E-state index contributed by atoms with van der Waals surface area (Å²) in [5.74, 6) is 1.52. The van der Waals surface area contributed by atoms with E-state index in [-0.39, 0.29) is 63.0 Å². The number of quaternary nitrogens is 1. The summed E-state index contributed by atoms with van der Waals surface area (Å²) in [4.78, 5) is 30.6. The lowest BCUT2D eigenvalue weighted by atomic mass is 9.41. The molecule has 1 amide bonds. The van der Waals surface area contributed by atoms with Crippen LogP contribution in [-0.2, 0) is 9.59 Å². The first kappa shape index (κ1) is 35.8. The summed E-state index contributed by atoms with van der Waals surface area (Å²) in [7, 11) is 3.45. The van der Waals surface area contributed by atoms with Gasteiger partial charge >= 0.3 is 0 Å². The van der Waals surface area contributed by atoms with Crippen LogP contribution in [0.2, 0.25) is 39.3 Å². The molecule has 45 heavy (non-hydrogen) atoms. The molecule has 5 fully saturated rings. The normalized spacial score (nSPS) is 45.5. The van der Waals surface area contributed by atoms with E-state index in [9.17, 15) is 14.7 Å². The Kier molecular flexibility index (Phi) is 8.33. The van der Waals surface area contributed by atoms with Crippen LogP contribution in [0.15, 0.2) is 0 Å². The van der Waals surface area contributed by atoms with Gasteiger partial charge in [0.05, 0.1) is 12.6 Å². The Morgan fingerprint density at radius 3 is 2.04 bits per heavy atom. The van der Waals surface area contributed by atoms with E-state index < -0.39 is 16.5 Å². The van der Waals surface area contributed by atoms with Gasteiger partial charge in [-0.15, -0.1) is 0 Å². The van der Waals surface area contributed by atoms with Gasteiger partial charge in [0, 0.05) is 48.2 Å². The molecule has 0 bridgehead atoms. The molecule has 0 aromatic rings. The van der Waals surface area contributed by atoms with Gasteiger partial charge in [0.15, 0.2) is 0 Å². The molecule has 0 heterocycles. The van der Waals surface area contributed by atoms with Gasteiger partial charge in [-0.1, -0.05) is 34.6 Å². The maximum atomic E-state index is 15.0. The average Bonchev–Trinajstić information content (AvgIpc) is 3.52. The maximum absolute atomic E-state index is 15.0. The standard InChI is InChI=1S/C37H69N3O3Si2/c1-24(2)32(43)38-29-18-19-36-22-37(36)28(17-16-27(36)33(29,4)23-40(9,44(10,11)12)45(13,14)15)34(5)20-26(41)31(25(3)39(7)8)35(34,6)21-30(37)42/h24-29,31,41H,16-23H2,1-15H3/p+1/t25-,26+,27-,28-,29-,31-,33-,34-,35+,36+,37-/m0/s1. The summed E-state index contributed by atoms with van der Waals surface area (Å²) in [6, 6.07) is 0.362. The fourth-order valence-electron chi connectivity index (χ4n) is 13.2. The zero-order chi connectivity index (χ0) is 34.1. The molecule has 5 aliphatic carbocycles. The average molecular weight is 661 g/mol. The molecule has 5 rings (SSSR count). The van der Waals surface area contributed by atoms with Crippen molar-refractivity contribution in [2.75, 3.05) is 27.7 Å². The second-order valence-corrected chi connectivity index (χ2v) is 31.5. The molecular weight excluding hydrogens is 591 g/mol. The first-order valence-electron chi connectivity index (χ1n) is 18.3. The van der Waals surface area contributed by atoms with Gasteiger partial charge in [-0.25, -0.2) is 0 Å². The fraction of sp³-hybridized carbons (Fsp3) is 0.946. The number of nitrogens with one attached hydrogen (secondary N) is 1. The van der Waals surface area contributed by atoms with Gasteiger partial charge in [0.1, 0.15) is 5.78 Å². The van der Waals surface area contributed by atoms with Crippen molar-refractivity contribution in [2.45, 2.75) is 144 Å². The van der Waals surface area contributed by atoms with Crippen molar-refractivity contribution in [3.63, 3.8) is 0 Å². The molecule has 258 valence electrons. The van der Waals surface area contributed by atoms with Gasteiger partial charge in [-0.05, 0) is 127 Å². The number of carbonyl (C=O) groups excluding carboxylic acids is 2. The second kappa shape index (κ2) is 10.5. The van der Waals surface area contributed by atoms with E-state index >= 15 is 0 Å². The number of hydrogen-bond donors (Lipinski definition) is 2. The number of Topliss-reactive ketones (excluding diaryl/α,β-unsaturated/α-hetero) is 1. The molecule has 5 saturated carbocycles. The summed E-state index contributed by atoms with van der Waals surface area (Å²) < 4.78 is 1.17. The quantitative estimate of drug-likeness (QED) is 0.282. The Labute approximate surface area is 278 Å². The van der Waals surface area contributed by atoms with E-state index in [1.807, 2.05) is 13.8 Å². The van der Waals surface area contributed by atoms with Crippen molar-refractivity contribution in [2.24, 2.45) is 50.7 Å². The van der Waals surface area contributed by atoms with Gasteiger partial charge in [0.25, 0.3) is 16.5 Å². The molecule has 6 nitrogen and oxygen atoms in total. The number of fused-ring (bicyclic) bond motifs is 2. The van der Waals surface area contributed by atoms with E-state index in [2.05, 4.69) is 98.3 Å². The molecule has 5 aliphatic rings. The first-order chi connectivity index (χ1) is 20.3. The van der Waals surface area contributed by atoms with E-state index in [4.69, 9.17) is 0 Å². The van der Waals surface area contributed by atoms with Crippen molar-refractivity contribution in [1.29, 1.82) is 0 Å². The van der Waals surface area contributed by atoms with E-state index in [1.54, 1.807) is 0 Å². The van der Waals surface area contributed by atoms with Crippen LogP contribution < -0.4 is 5.32 Å². The van der Waals surface area contributed by atoms with Crippen LogP contribution >= 0.6 is 0 Å². The van der Waals surface area contributed by atoms with Crippen LogP contribution in [0.1, 0.15) is 86.5 Å². The number of amides is 1. The van der Waals surface area contributed by atoms with Crippen LogP contribution in [0.5, 0.6) is 0 Å². The van der Waals surface area contributed by atoms with Crippen LogP contribution in [0.3, 0.4) is 0 Å². The van der Waals surface area contributed by atoms with E-state index in [1.165, 1.54) is 3.81 Å². The zero-order valence-electron chi connectivity index (χ0n) is 31.9. The van der Waals surface area contributed by atoms with Crippen molar-refractivity contribution < 1.29 is 18.5 Å². The predicted octanol–water partition coefficient (Wildman–Crippen LogP) is 6.76. The molecule has 11 atom stereocenters. The lowest BCUT2D eigenvalue weighted by Crippen LogP contribution is -2.77. The summed E-state index contributed by atoms with van der Waals surface area (Å²) >= 11 is 0. The third-order valence-corrected chi connectivity index (χ3v) is 26.8. The molecule has 0 radical (unpaired) electrons. The van der Waals surface area contributed by atoms with E-state index in [0.29, 0.717) is 24.0 Å². The molecule has 8 heteroatoms. The molecule has 0 aliphatic heterocycles. The molecule has 0 aromatic carbocycles. The number of ketones is 1. The summed E-state index contributed by atoms with van der Waals surface area (Å²) in [5.41, 5.74) is -0.548. The fourth-order valence-corrected chi connectivity index (χ4v) is 22.8. The molecule has 2 N–H and O–H groups in total. The third kappa shape index (κ3) is 4.53. The lowest BCUT2D eigenvalue weighted by Gasteiger charge is -2.65. The Morgan fingerprint density at radius 2 is 1.53 bits per heavy atom. The second-order valence-electron chi connectivity index (χ2n) is 20.4. The smallest absolute Gasteiger partial charge is 0.259 e. The van der Waals surface area contributed by atoms with Crippen molar-refractivity contribution >= 4 is 28.2 Å². The Bertz CT molecular complexity index is 1210. The lowest BCUT2D eigenvalue weighted by molar-refractivity contribution is -0.719. The Morgan fingerprint density at radius 1 is 0.978 bits per heavy atom. The first-order valence-corrected chi connectivity index (χ1v) is 25.2. The number of rotatable bonds is 8. The molecule has 0 unspecified atom stereocenters. The number of hydrogen-bond acceptors (Lipinski definition) is 4. The Hall–Kier alpha value is -0.546. The zero-order valence-corrected chi connectivity index (χ0v) is 33.9. The van der Waals surface area contributed by atoms with Crippen LogP contribution in [0.4, 0.5) is 0 Å². The highest BCUT2D eigenvalue weighted by Crippen LogP contribution is 2.88. The SMILES string of the molecule is CC(C)C(=O)N[C@H]1CC[C@]23C[C@]24C(=O)C[C@]2(C)[C@@H]([C@H](C)N(C)C)[C@H](O)C[C@@]2(C)[C@@H]4CC[C@H]3[C@]1(C)C[N+](C)([Si](C)(C)C)[Si](C)(C)C. The number of nitrogens with zero attached hydrogens (tertiary/aromatic N) is 2. The van der Waals surface area contributed by atoms with E-state index in [0.717, 1.165) is 45.1 Å². The predicted molar refractivity (Wildman–Crippen MR) is 191 cm³/mol. The Balaban J connectivity index is 1.60. The number of carbonyl (C=O) groups is 2. The van der Waals surface area contributed by atoms with Crippen molar-refractivity contribution in [3.8, 4) is 0 Å². The minimum absolute atomic E-state index is 0.0328. The molecule has 0 saturated heterocycles. The summed E-state index contributed by atoms with van der Waals surface area (Å²) in [6.07, 6.45) is 6.32. The highest BCUT2D eigenvalue weighted by molar-refractivity contribution is 6.82. The summed E-state index contributed by atoms with van der Waals surface area (Å²) in [5, 5.41) is 15.4. The van der Waals surface area contributed by atoms with Crippen LogP contribution in [0.25, 0.3) is 0 Å². The topological polar surface area (TPSA) is 69.6 Å².